The summed E-state index contributed by atoms with van der Waals surface area (Å²) in [4.78, 5) is 6.44. The molecule has 2 aromatic heterocycles. The molecule has 0 spiro atoms. The number of rotatable bonds is 6. The first kappa shape index (κ1) is 24.6. The number of pyridine rings is 1. The molecule has 5 rings (SSSR count). The lowest BCUT2D eigenvalue weighted by molar-refractivity contribution is -0.137. The van der Waals surface area contributed by atoms with E-state index < -0.39 is 23.8 Å². The summed E-state index contributed by atoms with van der Waals surface area (Å²) in [5, 5.41) is 3.79. The minimum absolute atomic E-state index is 0.380. The molecule has 6 nitrogen and oxygen atoms in total. The van der Waals surface area contributed by atoms with E-state index in [1.807, 2.05) is 35.2 Å². The van der Waals surface area contributed by atoms with Gasteiger partial charge in [0.2, 0.25) is 0 Å². The number of benzene rings is 2. The molecule has 1 fully saturated rings. The second-order valence-corrected chi connectivity index (χ2v) is 8.77. The van der Waals surface area contributed by atoms with Gasteiger partial charge in [0.15, 0.2) is 5.11 Å². The zero-order valence-electron chi connectivity index (χ0n) is 19.9. The third-order valence-electron chi connectivity index (χ3n) is 6.28. The number of hydrogen-bond acceptors (Lipinski definition) is 4. The highest BCUT2D eigenvalue weighted by Crippen LogP contribution is 2.46. The zero-order valence-corrected chi connectivity index (χ0v) is 20.8. The summed E-state index contributed by atoms with van der Waals surface area (Å²) >= 11 is 5.80. The number of anilines is 1. The van der Waals surface area contributed by atoms with Gasteiger partial charge in [0.1, 0.15) is 17.5 Å². The molecule has 1 saturated heterocycles. The highest BCUT2D eigenvalue weighted by atomic mass is 32.1. The molecule has 190 valence electrons. The summed E-state index contributed by atoms with van der Waals surface area (Å²) in [5.41, 5.74) is 1.75. The Morgan fingerprint density at radius 2 is 1.78 bits per heavy atom. The number of aromatic nitrogens is 2. The molecule has 4 aromatic rings. The number of methoxy groups -OCH3 is 2. The summed E-state index contributed by atoms with van der Waals surface area (Å²) in [6, 6.07) is 19.0. The molecule has 10 heteroatoms. The van der Waals surface area contributed by atoms with Crippen LogP contribution in [0.4, 0.5) is 18.9 Å². The largest absolute Gasteiger partial charge is 0.497 e. The molecule has 0 amide bonds. The summed E-state index contributed by atoms with van der Waals surface area (Å²) in [6.45, 7) is 0. The first-order valence-electron chi connectivity index (χ1n) is 11.4. The number of hydrogen-bond donors (Lipinski definition) is 1. The SMILES string of the molecule is COc1ccc(OC)c(N2C(=S)N[C@@H](c3ccccn3)[C@@H]2c2cccn2-c2cccc(C(F)(F)F)c2)c1. The van der Waals surface area contributed by atoms with Crippen LogP contribution >= 0.6 is 12.2 Å². The number of halogens is 3. The topological polar surface area (TPSA) is 51.6 Å². The monoisotopic (exact) mass is 524 g/mol. The van der Waals surface area contributed by atoms with Gasteiger partial charge in [-0.1, -0.05) is 12.1 Å². The Morgan fingerprint density at radius 1 is 0.946 bits per heavy atom. The smallest absolute Gasteiger partial charge is 0.416 e. The molecule has 0 saturated carbocycles. The fraction of sp³-hybridized carbons (Fsp3) is 0.185. The van der Waals surface area contributed by atoms with Crippen molar-refractivity contribution in [2.45, 2.75) is 18.3 Å². The molecule has 0 aliphatic carbocycles. The second kappa shape index (κ2) is 9.78. The van der Waals surface area contributed by atoms with E-state index in [1.165, 1.54) is 6.07 Å². The summed E-state index contributed by atoms with van der Waals surface area (Å²) in [6.07, 6.45) is -1.03. The number of ether oxygens (including phenoxy) is 2. The Balaban J connectivity index is 1.70. The van der Waals surface area contributed by atoms with Crippen molar-refractivity contribution in [1.29, 1.82) is 0 Å². The lowest BCUT2D eigenvalue weighted by Crippen LogP contribution is -2.30. The Kier molecular flexibility index (Phi) is 6.51. The van der Waals surface area contributed by atoms with Crippen LogP contribution in [0.1, 0.15) is 29.0 Å². The van der Waals surface area contributed by atoms with Crippen LogP contribution in [0, 0.1) is 0 Å². The molecule has 0 bridgehead atoms. The average molecular weight is 525 g/mol. The van der Waals surface area contributed by atoms with Gasteiger partial charge in [-0.25, -0.2) is 0 Å². The first-order chi connectivity index (χ1) is 17.8. The van der Waals surface area contributed by atoms with Crippen LogP contribution in [-0.4, -0.2) is 28.9 Å². The van der Waals surface area contributed by atoms with Crippen LogP contribution in [0.5, 0.6) is 11.5 Å². The Morgan fingerprint density at radius 3 is 2.49 bits per heavy atom. The summed E-state index contributed by atoms with van der Waals surface area (Å²) in [7, 11) is 3.13. The maximum absolute atomic E-state index is 13.5. The van der Waals surface area contributed by atoms with Crippen LogP contribution in [0.3, 0.4) is 0 Å². The van der Waals surface area contributed by atoms with Crippen LogP contribution < -0.4 is 19.7 Å². The quantitative estimate of drug-likeness (QED) is 0.308. The molecular weight excluding hydrogens is 501 g/mol. The van der Waals surface area contributed by atoms with E-state index >= 15 is 0 Å². The van der Waals surface area contributed by atoms with E-state index in [1.54, 1.807) is 55.4 Å². The van der Waals surface area contributed by atoms with E-state index in [4.69, 9.17) is 21.7 Å². The predicted octanol–water partition coefficient (Wildman–Crippen LogP) is 6.09. The number of thiocarbonyl (C=S) groups is 1. The molecule has 2 aromatic carbocycles. The molecule has 37 heavy (non-hydrogen) atoms. The Hall–Kier alpha value is -4.05. The van der Waals surface area contributed by atoms with Crippen LogP contribution in [0.25, 0.3) is 5.69 Å². The van der Waals surface area contributed by atoms with Crippen LogP contribution in [-0.2, 0) is 6.18 Å². The van der Waals surface area contributed by atoms with Gasteiger partial charge in [0.05, 0.1) is 37.2 Å². The fourth-order valence-electron chi connectivity index (χ4n) is 4.60. The minimum atomic E-state index is -4.46. The highest BCUT2D eigenvalue weighted by Gasteiger charge is 2.43. The van der Waals surface area contributed by atoms with E-state index in [0.717, 1.165) is 17.8 Å². The maximum Gasteiger partial charge on any atom is 0.416 e. The lowest BCUT2D eigenvalue weighted by Gasteiger charge is -2.30. The standard InChI is InChI=1S/C27H23F3N4O2S/c1-35-19-11-12-23(36-2)22(16-19)34-25(24(32-26(34)37)20-9-3-4-13-31-20)21-10-6-14-33(21)18-8-5-7-17(15-18)27(28,29)30/h3-16,24-25H,1-2H3,(H,32,37)/t24-,25-/m0/s1. The van der Waals surface area contributed by atoms with Gasteiger partial charge in [0.25, 0.3) is 0 Å². The lowest BCUT2D eigenvalue weighted by atomic mass is 10.0. The van der Waals surface area contributed by atoms with Crippen molar-refractivity contribution in [3.05, 3.63) is 102 Å². The van der Waals surface area contributed by atoms with Crippen molar-refractivity contribution in [2.75, 3.05) is 19.1 Å². The van der Waals surface area contributed by atoms with Gasteiger partial charge in [0, 0.05) is 29.8 Å². The number of nitrogens with one attached hydrogen (secondary N) is 1. The normalized spacial score (nSPS) is 17.5. The van der Waals surface area contributed by atoms with Gasteiger partial charge >= 0.3 is 6.18 Å². The molecule has 0 radical (unpaired) electrons. The number of alkyl halides is 3. The third kappa shape index (κ3) is 4.60. The van der Waals surface area contributed by atoms with Crippen molar-refractivity contribution in [1.82, 2.24) is 14.9 Å². The van der Waals surface area contributed by atoms with E-state index in [2.05, 4.69) is 10.3 Å². The molecule has 1 aliphatic heterocycles. The molecule has 3 heterocycles. The van der Waals surface area contributed by atoms with Gasteiger partial charge in [-0.2, -0.15) is 13.2 Å². The highest BCUT2D eigenvalue weighted by molar-refractivity contribution is 7.80. The molecule has 2 atom stereocenters. The fourth-order valence-corrected chi connectivity index (χ4v) is 4.94. The zero-order chi connectivity index (χ0) is 26.2. The van der Waals surface area contributed by atoms with E-state index in [0.29, 0.717) is 33.7 Å². The van der Waals surface area contributed by atoms with Crippen LogP contribution in [0.2, 0.25) is 0 Å². The second-order valence-electron chi connectivity index (χ2n) is 8.39. The summed E-state index contributed by atoms with van der Waals surface area (Å²) in [5.74, 6) is 1.17. The van der Waals surface area contributed by atoms with Gasteiger partial charge in [-0.15, -0.1) is 0 Å². The predicted molar refractivity (Wildman–Crippen MR) is 138 cm³/mol. The van der Waals surface area contributed by atoms with Crippen molar-refractivity contribution in [3.8, 4) is 17.2 Å². The third-order valence-corrected chi connectivity index (χ3v) is 6.59. The van der Waals surface area contributed by atoms with Gasteiger partial charge in [-0.3, -0.25) is 4.98 Å². The van der Waals surface area contributed by atoms with Crippen molar-refractivity contribution in [3.63, 3.8) is 0 Å². The summed E-state index contributed by atoms with van der Waals surface area (Å²) < 4.78 is 53.4. The van der Waals surface area contributed by atoms with Crippen molar-refractivity contribution < 1.29 is 22.6 Å². The Bertz CT molecular complexity index is 1420. The van der Waals surface area contributed by atoms with Gasteiger partial charge in [-0.05, 0) is 66.8 Å². The molecule has 0 unspecified atom stereocenters. The van der Waals surface area contributed by atoms with E-state index in [9.17, 15) is 13.2 Å². The van der Waals surface area contributed by atoms with Crippen LogP contribution in [0.15, 0.2) is 85.2 Å². The van der Waals surface area contributed by atoms with Crippen molar-refractivity contribution in [2.24, 2.45) is 0 Å². The average Bonchev–Trinajstić information content (AvgIpc) is 3.52. The molecular formula is C27H23F3N4O2S. The maximum atomic E-state index is 13.5. The first-order valence-corrected chi connectivity index (χ1v) is 11.8. The Labute approximate surface area is 217 Å². The molecule has 1 N–H and O–H groups in total. The molecule has 1 aliphatic rings. The van der Waals surface area contributed by atoms with Gasteiger partial charge < -0.3 is 24.3 Å². The number of nitrogens with zero attached hydrogens (tertiary/aromatic N) is 3. The minimum Gasteiger partial charge on any atom is -0.497 e. The van der Waals surface area contributed by atoms with Crippen molar-refractivity contribution >= 4 is 23.0 Å². The van der Waals surface area contributed by atoms with E-state index in [-0.39, 0.29) is 0 Å².